The van der Waals surface area contributed by atoms with Crippen LogP contribution in [-0.4, -0.2) is 93.1 Å². The van der Waals surface area contributed by atoms with Gasteiger partial charge in [0.15, 0.2) is 6.23 Å². The van der Waals surface area contributed by atoms with Crippen molar-refractivity contribution >= 4 is 35.6 Å². The van der Waals surface area contributed by atoms with Crippen LogP contribution in [0.15, 0.2) is 66.6 Å². The highest BCUT2D eigenvalue weighted by atomic mass is 16.6. The fraction of sp³-hybridized carbons (Fsp3) is 0.379. The molecule has 6 N–H and O–H groups in total. The van der Waals surface area contributed by atoms with Gasteiger partial charge < -0.3 is 44.9 Å². The summed E-state index contributed by atoms with van der Waals surface area (Å²) in [5.41, 5.74) is 0.0881. The Morgan fingerprint density at radius 3 is 2.30 bits per heavy atom. The van der Waals surface area contributed by atoms with Crippen LogP contribution in [-0.2, 0) is 35.1 Å². The smallest absolute Gasteiger partial charge is 0.413 e. The Balaban J connectivity index is 1.46. The number of benzene rings is 1. The molecular weight excluding hydrogens is 610 g/mol. The monoisotopic (exact) mass is 645 g/mol. The maximum atomic E-state index is 12.5. The lowest BCUT2D eigenvalue weighted by Gasteiger charge is -2.17. The number of hydrogen-bond donors (Lipinski definition) is 6. The van der Waals surface area contributed by atoms with E-state index in [-0.39, 0.29) is 38.5 Å². The summed E-state index contributed by atoms with van der Waals surface area (Å²) in [7, 11) is 0. The molecule has 1 aliphatic rings. The molecule has 3 amide bonds. The summed E-state index contributed by atoms with van der Waals surface area (Å²) >= 11 is 0. The normalized spacial score (nSPS) is 19.3. The number of alkyl carbamates (subject to hydrolysis) is 1. The van der Waals surface area contributed by atoms with Gasteiger partial charge in [0.1, 0.15) is 50.0 Å². The Morgan fingerprint density at radius 1 is 0.978 bits per heavy atom. The summed E-state index contributed by atoms with van der Waals surface area (Å²) < 4.78 is 21.1. The first kappa shape index (κ1) is 35.4. The number of rotatable bonds is 15. The highest BCUT2D eigenvalue weighted by Gasteiger charge is 2.43. The zero-order chi connectivity index (χ0) is 33.6. The lowest BCUT2D eigenvalue weighted by molar-refractivity contribution is -0.145. The molecule has 0 aliphatic carbocycles. The van der Waals surface area contributed by atoms with Crippen LogP contribution < -0.4 is 21.6 Å². The van der Waals surface area contributed by atoms with E-state index in [0.29, 0.717) is 11.3 Å². The zero-order valence-corrected chi connectivity index (χ0v) is 24.6. The maximum absolute atomic E-state index is 12.5. The van der Waals surface area contributed by atoms with E-state index in [1.54, 1.807) is 24.3 Å². The molecule has 17 nitrogen and oxygen atoms in total. The molecule has 3 rings (SSSR count). The number of anilines is 2. The van der Waals surface area contributed by atoms with Gasteiger partial charge >= 0.3 is 23.8 Å². The van der Waals surface area contributed by atoms with Crippen LogP contribution in [0.2, 0.25) is 0 Å². The van der Waals surface area contributed by atoms with Gasteiger partial charge in [-0.2, -0.15) is 4.98 Å². The first-order valence-electron chi connectivity index (χ1n) is 13.9. The third-order valence-electron chi connectivity index (χ3n) is 6.37. The van der Waals surface area contributed by atoms with E-state index >= 15 is 0 Å². The van der Waals surface area contributed by atoms with Crippen molar-refractivity contribution in [1.29, 1.82) is 0 Å². The Labute approximate surface area is 262 Å². The number of nitrogens with zero attached hydrogens (tertiary/aromatic N) is 2. The fourth-order valence-electron chi connectivity index (χ4n) is 4.07. The average Bonchev–Trinajstić information content (AvgIpc) is 3.33. The minimum absolute atomic E-state index is 0.0669. The third-order valence-corrected chi connectivity index (χ3v) is 6.37. The minimum Gasteiger partial charge on any atom is -0.460 e. The van der Waals surface area contributed by atoms with Crippen molar-refractivity contribution in [3.8, 4) is 0 Å². The molecule has 1 aliphatic heterocycles. The second-order valence-corrected chi connectivity index (χ2v) is 9.72. The van der Waals surface area contributed by atoms with Crippen LogP contribution in [0.1, 0.15) is 24.6 Å². The predicted octanol–water partition coefficient (Wildman–Crippen LogP) is 0.332. The van der Waals surface area contributed by atoms with Crippen LogP contribution in [0.4, 0.5) is 21.1 Å². The summed E-state index contributed by atoms with van der Waals surface area (Å²) in [6.45, 7) is 6.02. The number of carbonyl (C=O) groups is 4. The van der Waals surface area contributed by atoms with Crippen molar-refractivity contribution in [2.24, 2.45) is 0 Å². The minimum atomic E-state index is -1.48. The molecule has 248 valence electrons. The van der Waals surface area contributed by atoms with Crippen LogP contribution in [0.25, 0.3) is 0 Å². The third kappa shape index (κ3) is 10.2. The van der Waals surface area contributed by atoms with Crippen molar-refractivity contribution < 1.29 is 53.4 Å². The molecule has 46 heavy (non-hydrogen) atoms. The highest BCUT2D eigenvalue weighted by Crippen LogP contribution is 2.28. The number of aromatic nitrogens is 2. The molecule has 1 fully saturated rings. The van der Waals surface area contributed by atoms with Crippen molar-refractivity contribution in [2.45, 2.75) is 50.0 Å². The van der Waals surface area contributed by atoms with E-state index in [9.17, 15) is 39.3 Å². The predicted molar refractivity (Wildman–Crippen MR) is 159 cm³/mol. The quantitative estimate of drug-likeness (QED) is 0.0871. The van der Waals surface area contributed by atoms with Crippen molar-refractivity contribution in [3.63, 3.8) is 0 Å². The molecule has 0 spiro atoms. The number of esters is 1. The molecule has 2 aromatic rings. The van der Waals surface area contributed by atoms with Gasteiger partial charge in [0.25, 0.3) is 0 Å². The molecular formula is C29H35N5O12. The molecule has 1 saturated heterocycles. The van der Waals surface area contributed by atoms with E-state index in [0.717, 1.165) is 4.57 Å². The lowest BCUT2D eigenvalue weighted by atomic mass is 10.1. The van der Waals surface area contributed by atoms with Crippen molar-refractivity contribution in [2.75, 3.05) is 30.5 Å². The molecule has 5 unspecified atom stereocenters. The zero-order valence-electron chi connectivity index (χ0n) is 24.6. The van der Waals surface area contributed by atoms with Gasteiger partial charge in [-0.25, -0.2) is 19.2 Å². The summed E-state index contributed by atoms with van der Waals surface area (Å²) in [4.78, 5) is 65.0. The molecule has 1 aromatic carbocycles. The number of aliphatic hydroxyl groups is 3. The number of carbonyl (C=O) groups excluding carboxylic acids is 4. The van der Waals surface area contributed by atoms with Gasteiger partial charge in [0.2, 0.25) is 5.91 Å². The Kier molecular flexibility index (Phi) is 13.4. The van der Waals surface area contributed by atoms with E-state index in [4.69, 9.17) is 18.9 Å². The van der Waals surface area contributed by atoms with E-state index in [1.807, 2.05) is 0 Å². The molecule has 0 radical (unpaired) electrons. The van der Waals surface area contributed by atoms with Gasteiger partial charge in [0.05, 0.1) is 6.61 Å². The van der Waals surface area contributed by atoms with Crippen LogP contribution in [0, 0.1) is 0 Å². The summed E-state index contributed by atoms with van der Waals surface area (Å²) in [6.07, 6.45) is -3.32. The standard InChI is InChI=1S/C29H35N5O12/c1-3-13-43-26(39)19(31-28(41)44-14-4-2)9-10-22(36)30-18-7-5-17(6-8-18)16-45-29(42)33-21-11-12-34(27(40)32-21)25-24(38)23(37)20(15-35)46-25/h3-8,11-12,19-20,23-25,35,37-38H,1-2,9-10,13-16H2,(H,30,36)(H,31,41)(H,32,33,40,42). The molecule has 1 aromatic heterocycles. The largest absolute Gasteiger partial charge is 0.460 e. The topological polar surface area (TPSA) is 237 Å². The number of ether oxygens (including phenoxy) is 4. The first-order chi connectivity index (χ1) is 22.1. The lowest BCUT2D eigenvalue weighted by Crippen LogP contribution is -2.42. The summed E-state index contributed by atoms with van der Waals surface area (Å²) in [6, 6.07) is 6.43. The van der Waals surface area contributed by atoms with Crippen LogP contribution in [0.5, 0.6) is 0 Å². The van der Waals surface area contributed by atoms with Crippen LogP contribution in [0.3, 0.4) is 0 Å². The molecule has 0 saturated carbocycles. The number of hydrogen-bond acceptors (Lipinski definition) is 13. The second kappa shape index (κ2) is 17.4. The number of aliphatic hydroxyl groups excluding tert-OH is 3. The van der Waals surface area contributed by atoms with Crippen molar-refractivity contribution in [1.82, 2.24) is 14.9 Å². The van der Waals surface area contributed by atoms with Gasteiger partial charge in [-0.3, -0.25) is 14.7 Å². The van der Waals surface area contributed by atoms with E-state index < -0.39 is 66.9 Å². The first-order valence-corrected chi connectivity index (χ1v) is 13.9. The highest BCUT2D eigenvalue weighted by molar-refractivity contribution is 5.91. The van der Waals surface area contributed by atoms with Crippen molar-refractivity contribution in [3.05, 3.63) is 77.9 Å². The molecule has 5 atom stereocenters. The van der Waals surface area contributed by atoms with Gasteiger partial charge in [-0.05, 0) is 30.2 Å². The average molecular weight is 646 g/mol. The Hall–Kier alpha value is -5.10. The maximum Gasteiger partial charge on any atom is 0.413 e. The van der Waals surface area contributed by atoms with Gasteiger partial charge in [0, 0.05) is 18.3 Å². The SMILES string of the molecule is C=CCOC(=O)NC(CCC(=O)Nc1ccc(COC(=O)Nc2ccn(C3OC(CO)C(O)C3O)c(=O)n2)cc1)C(=O)OCC=C. The van der Waals surface area contributed by atoms with E-state index in [1.165, 1.54) is 24.4 Å². The Bertz CT molecular complexity index is 1450. The van der Waals surface area contributed by atoms with E-state index in [2.05, 4.69) is 34.1 Å². The summed E-state index contributed by atoms with van der Waals surface area (Å²) in [5.74, 6) is -1.34. The fourth-order valence-corrected chi connectivity index (χ4v) is 4.07. The molecule has 0 bridgehead atoms. The summed E-state index contributed by atoms with van der Waals surface area (Å²) in [5, 5.41) is 36.5. The molecule has 2 heterocycles. The Morgan fingerprint density at radius 2 is 1.67 bits per heavy atom. The number of nitrogens with one attached hydrogen (secondary N) is 3. The molecule has 17 heteroatoms. The van der Waals surface area contributed by atoms with Crippen LogP contribution >= 0.6 is 0 Å². The van der Waals surface area contributed by atoms with Gasteiger partial charge in [-0.1, -0.05) is 37.4 Å². The van der Waals surface area contributed by atoms with Gasteiger partial charge in [-0.15, -0.1) is 0 Å². The second-order valence-electron chi connectivity index (χ2n) is 9.72. The number of amides is 3.